The van der Waals surface area contributed by atoms with Crippen LogP contribution < -0.4 is 14.4 Å². The number of rotatable bonds is 5. The first kappa shape index (κ1) is 19.2. The Morgan fingerprint density at radius 1 is 1.21 bits per heavy atom. The van der Waals surface area contributed by atoms with Crippen molar-refractivity contribution < 1.29 is 17.9 Å². The van der Waals surface area contributed by atoms with Crippen LogP contribution >= 0.6 is 11.6 Å². The second-order valence-electron chi connectivity index (χ2n) is 7.09. The van der Waals surface area contributed by atoms with Crippen LogP contribution in [0.3, 0.4) is 0 Å². The smallest absolute Gasteiger partial charge is 0.258 e. The molecule has 1 saturated carbocycles. The fraction of sp³-hybridized carbons (Fsp3) is 0.350. The molecule has 4 rings (SSSR count). The van der Waals surface area contributed by atoms with Gasteiger partial charge < -0.3 is 9.64 Å². The molecule has 0 unspecified atom stereocenters. The molecule has 1 aliphatic carbocycles. The molecule has 28 heavy (non-hydrogen) atoms. The van der Waals surface area contributed by atoms with E-state index in [2.05, 4.69) is 4.72 Å². The molecule has 8 heteroatoms. The van der Waals surface area contributed by atoms with Gasteiger partial charge >= 0.3 is 0 Å². The van der Waals surface area contributed by atoms with Gasteiger partial charge in [-0.3, -0.25) is 4.79 Å². The SMILES string of the molecule is COc1ccc(C(=O)N2CCCc3cc(Cl)ccc32)cc1S(=O)(=O)NC1CC1. The first-order valence-corrected chi connectivity index (χ1v) is 11.1. The standard InChI is InChI=1S/C20H21ClN2O4S/c1-27-18-9-4-14(12-19(18)28(25,26)22-16-6-7-16)20(24)23-10-2-3-13-11-15(21)5-8-17(13)23/h4-5,8-9,11-12,16,22H,2-3,6-7,10H2,1H3. The summed E-state index contributed by atoms with van der Waals surface area (Å²) in [6.45, 7) is 0.571. The molecule has 148 valence electrons. The van der Waals surface area contributed by atoms with Crippen molar-refractivity contribution in [1.29, 1.82) is 0 Å². The topological polar surface area (TPSA) is 75.7 Å². The van der Waals surface area contributed by atoms with Gasteiger partial charge in [-0.05, 0) is 67.6 Å². The molecule has 0 bridgehead atoms. The first-order chi connectivity index (χ1) is 13.4. The van der Waals surface area contributed by atoms with Crippen molar-refractivity contribution in [3.63, 3.8) is 0 Å². The number of halogens is 1. The van der Waals surface area contributed by atoms with Crippen molar-refractivity contribution in [3.8, 4) is 5.75 Å². The predicted molar refractivity (Wildman–Crippen MR) is 108 cm³/mol. The normalized spacial score (nSPS) is 16.6. The van der Waals surface area contributed by atoms with Crippen LogP contribution in [0.25, 0.3) is 0 Å². The molecule has 0 radical (unpaired) electrons. The molecule has 0 saturated heterocycles. The van der Waals surface area contributed by atoms with E-state index in [0.29, 0.717) is 17.1 Å². The third kappa shape index (κ3) is 3.74. The molecule has 6 nitrogen and oxygen atoms in total. The maximum absolute atomic E-state index is 13.2. The molecule has 0 atom stereocenters. The van der Waals surface area contributed by atoms with Crippen LogP contribution in [0.1, 0.15) is 35.2 Å². The van der Waals surface area contributed by atoms with Gasteiger partial charge in [0.1, 0.15) is 10.6 Å². The maximum Gasteiger partial charge on any atom is 0.258 e. The number of carbonyl (C=O) groups excluding carboxylic acids is 1. The highest BCUT2D eigenvalue weighted by molar-refractivity contribution is 7.89. The summed E-state index contributed by atoms with van der Waals surface area (Å²) in [5.41, 5.74) is 2.14. The minimum atomic E-state index is -3.76. The summed E-state index contributed by atoms with van der Waals surface area (Å²) in [4.78, 5) is 14.9. The number of methoxy groups -OCH3 is 1. The quantitative estimate of drug-likeness (QED) is 0.804. The molecule has 2 aliphatic rings. The molecule has 1 fully saturated rings. The summed E-state index contributed by atoms with van der Waals surface area (Å²) in [6.07, 6.45) is 3.33. The zero-order valence-corrected chi connectivity index (χ0v) is 17.0. The Labute approximate surface area is 169 Å². The molecule has 0 aromatic heterocycles. The molecule has 1 aliphatic heterocycles. The third-order valence-corrected chi connectivity index (χ3v) is 6.78. The van der Waals surface area contributed by atoms with Crippen molar-refractivity contribution in [1.82, 2.24) is 4.72 Å². The number of nitrogens with zero attached hydrogens (tertiary/aromatic N) is 1. The van der Waals surface area contributed by atoms with Gasteiger partial charge in [0.2, 0.25) is 10.0 Å². The van der Waals surface area contributed by atoms with E-state index in [1.54, 1.807) is 17.0 Å². The van der Waals surface area contributed by atoms with E-state index in [4.69, 9.17) is 16.3 Å². The van der Waals surface area contributed by atoms with Crippen LogP contribution in [0, 0.1) is 0 Å². The Morgan fingerprint density at radius 2 is 2.00 bits per heavy atom. The van der Waals surface area contributed by atoms with Crippen molar-refractivity contribution in [3.05, 3.63) is 52.5 Å². The van der Waals surface area contributed by atoms with Gasteiger partial charge in [0.05, 0.1) is 7.11 Å². The Balaban J connectivity index is 1.70. The van der Waals surface area contributed by atoms with Gasteiger partial charge in [-0.1, -0.05) is 11.6 Å². The predicted octanol–water partition coefficient (Wildman–Crippen LogP) is 3.38. The minimum Gasteiger partial charge on any atom is -0.495 e. The lowest BCUT2D eigenvalue weighted by Crippen LogP contribution is -2.35. The highest BCUT2D eigenvalue weighted by atomic mass is 35.5. The summed E-state index contributed by atoms with van der Waals surface area (Å²) in [5.74, 6) is -0.0238. The Morgan fingerprint density at radius 3 is 2.71 bits per heavy atom. The van der Waals surface area contributed by atoms with Crippen LogP contribution in [-0.2, 0) is 16.4 Å². The number of sulfonamides is 1. The van der Waals surface area contributed by atoms with E-state index < -0.39 is 10.0 Å². The number of hydrogen-bond acceptors (Lipinski definition) is 4. The number of anilines is 1. The molecule has 2 aromatic rings. The maximum atomic E-state index is 13.2. The lowest BCUT2D eigenvalue weighted by atomic mass is 10.0. The summed E-state index contributed by atoms with van der Waals surface area (Å²) in [6, 6.07) is 9.96. The third-order valence-electron chi connectivity index (χ3n) is 5.00. The van der Waals surface area contributed by atoms with E-state index in [1.807, 2.05) is 12.1 Å². The van der Waals surface area contributed by atoms with Gasteiger partial charge in [-0.2, -0.15) is 0 Å². The average molecular weight is 421 g/mol. The van der Waals surface area contributed by atoms with E-state index in [1.165, 1.54) is 19.2 Å². The highest BCUT2D eigenvalue weighted by Gasteiger charge is 2.31. The van der Waals surface area contributed by atoms with E-state index in [9.17, 15) is 13.2 Å². The molecular formula is C20H21ClN2O4S. The van der Waals surface area contributed by atoms with Gasteiger partial charge in [0, 0.05) is 28.9 Å². The number of benzene rings is 2. The van der Waals surface area contributed by atoms with Gasteiger partial charge in [0.25, 0.3) is 5.91 Å². The van der Waals surface area contributed by atoms with Crippen LogP contribution in [0.15, 0.2) is 41.3 Å². The van der Waals surface area contributed by atoms with Gasteiger partial charge in [-0.15, -0.1) is 0 Å². The largest absolute Gasteiger partial charge is 0.495 e. The van der Waals surface area contributed by atoms with Gasteiger partial charge in [-0.25, -0.2) is 13.1 Å². The summed E-state index contributed by atoms with van der Waals surface area (Å²) >= 11 is 6.08. The first-order valence-electron chi connectivity index (χ1n) is 9.20. The number of ether oxygens (including phenoxy) is 1. The Kier molecular flexibility index (Phi) is 5.07. The van der Waals surface area contributed by atoms with Crippen molar-refractivity contribution in [2.75, 3.05) is 18.6 Å². The van der Waals surface area contributed by atoms with Crippen LogP contribution in [0.4, 0.5) is 5.69 Å². The number of carbonyl (C=O) groups is 1. The highest BCUT2D eigenvalue weighted by Crippen LogP contribution is 2.33. The van der Waals surface area contributed by atoms with Crippen LogP contribution in [0.5, 0.6) is 5.75 Å². The second-order valence-corrected chi connectivity index (χ2v) is 9.21. The molecule has 1 heterocycles. The second kappa shape index (κ2) is 7.39. The van der Waals surface area contributed by atoms with Crippen molar-refractivity contribution >= 4 is 33.2 Å². The summed E-state index contributed by atoms with van der Waals surface area (Å²) < 4.78 is 33.3. The monoisotopic (exact) mass is 420 g/mol. The van der Waals surface area contributed by atoms with E-state index in [0.717, 1.165) is 36.9 Å². The van der Waals surface area contributed by atoms with Crippen LogP contribution in [-0.4, -0.2) is 34.0 Å². The molecule has 2 aromatic carbocycles. The zero-order valence-electron chi connectivity index (χ0n) is 15.4. The van der Waals surface area contributed by atoms with Crippen molar-refractivity contribution in [2.24, 2.45) is 0 Å². The number of hydrogen-bond donors (Lipinski definition) is 1. The summed E-state index contributed by atoms with van der Waals surface area (Å²) in [5, 5.41) is 0.636. The molecule has 1 N–H and O–H groups in total. The minimum absolute atomic E-state index is 0.0129. The number of nitrogens with one attached hydrogen (secondary N) is 1. The molecule has 1 amide bonds. The summed E-state index contributed by atoms with van der Waals surface area (Å²) in [7, 11) is -2.34. The fourth-order valence-electron chi connectivity index (χ4n) is 3.44. The lowest BCUT2D eigenvalue weighted by molar-refractivity contribution is 0.0985. The Bertz CT molecular complexity index is 1030. The number of aryl methyl sites for hydroxylation is 1. The van der Waals surface area contributed by atoms with E-state index >= 15 is 0 Å². The fourth-order valence-corrected chi connectivity index (χ4v) is 5.13. The zero-order chi connectivity index (χ0) is 19.9. The lowest BCUT2D eigenvalue weighted by Gasteiger charge is -2.30. The van der Waals surface area contributed by atoms with Crippen LogP contribution in [0.2, 0.25) is 5.02 Å². The van der Waals surface area contributed by atoms with Crippen molar-refractivity contribution in [2.45, 2.75) is 36.6 Å². The number of amides is 1. The van der Waals surface area contributed by atoms with Gasteiger partial charge in [0.15, 0.2) is 0 Å². The number of fused-ring (bicyclic) bond motifs is 1. The van der Waals surface area contributed by atoms with E-state index in [-0.39, 0.29) is 22.6 Å². The molecular weight excluding hydrogens is 400 g/mol. The Hall–Kier alpha value is -2.09. The molecule has 0 spiro atoms. The average Bonchev–Trinajstić information content (AvgIpc) is 3.49.